The molecule has 0 aliphatic carbocycles. The Morgan fingerprint density at radius 3 is 2.46 bits per heavy atom. The maximum atomic E-state index is 12.6. The minimum Gasteiger partial charge on any atom is -0.450 e. The van der Waals surface area contributed by atoms with E-state index < -0.39 is 0 Å². The summed E-state index contributed by atoms with van der Waals surface area (Å²) in [7, 11) is 0. The van der Waals surface area contributed by atoms with E-state index in [-0.39, 0.29) is 12.1 Å². The van der Waals surface area contributed by atoms with Crippen molar-refractivity contribution < 1.29 is 14.3 Å². The van der Waals surface area contributed by atoms with Crippen molar-refractivity contribution in [1.29, 1.82) is 0 Å². The highest BCUT2D eigenvalue weighted by Crippen LogP contribution is 2.28. The van der Waals surface area contributed by atoms with Crippen LogP contribution in [0.1, 0.15) is 12.5 Å². The topological polar surface area (TPSA) is 87.7 Å². The first-order chi connectivity index (χ1) is 13.6. The van der Waals surface area contributed by atoms with Gasteiger partial charge in [0.15, 0.2) is 5.16 Å². The minimum absolute atomic E-state index is 0.168. The predicted molar refractivity (Wildman–Crippen MR) is 107 cm³/mol. The minimum atomic E-state index is -0.325. The number of aryl methyl sites for hydroxylation is 1. The van der Waals surface area contributed by atoms with Crippen molar-refractivity contribution in [1.82, 2.24) is 19.8 Å². The highest BCUT2D eigenvalue weighted by atomic mass is 32.2. The molecular formula is C19H23N5O3S. The molecule has 0 spiro atoms. The van der Waals surface area contributed by atoms with Crippen LogP contribution in [0.3, 0.4) is 0 Å². The van der Waals surface area contributed by atoms with E-state index >= 15 is 0 Å². The van der Waals surface area contributed by atoms with Gasteiger partial charge in [-0.1, -0.05) is 0 Å². The monoisotopic (exact) mass is 401 g/mol. The molecule has 0 radical (unpaired) electrons. The Balaban J connectivity index is 1.55. The Morgan fingerprint density at radius 1 is 1.14 bits per heavy atom. The predicted octanol–water partition coefficient (Wildman–Crippen LogP) is 3.24. The van der Waals surface area contributed by atoms with Crippen molar-refractivity contribution in [3.63, 3.8) is 0 Å². The normalized spacial score (nSPS) is 13.9. The molecule has 3 amide bonds. The zero-order valence-electron chi connectivity index (χ0n) is 15.9. The Bertz CT molecular complexity index is 826. The number of rotatable bonds is 4. The molecule has 0 atom stereocenters. The molecule has 0 saturated carbocycles. The summed E-state index contributed by atoms with van der Waals surface area (Å²) in [5, 5.41) is 3.63. The van der Waals surface area contributed by atoms with Crippen LogP contribution in [0.25, 0.3) is 0 Å². The van der Waals surface area contributed by atoms with Crippen LogP contribution in [-0.2, 0) is 4.74 Å². The molecule has 1 saturated heterocycles. The Kier molecular flexibility index (Phi) is 6.70. The lowest BCUT2D eigenvalue weighted by Crippen LogP contribution is -2.51. The Morgan fingerprint density at radius 2 is 1.82 bits per heavy atom. The van der Waals surface area contributed by atoms with Crippen molar-refractivity contribution in [3.05, 3.63) is 42.2 Å². The van der Waals surface area contributed by atoms with Gasteiger partial charge in [-0.2, -0.15) is 0 Å². The molecule has 8 nitrogen and oxygen atoms in total. The van der Waals surface area contributed by atoms with Gasteiger partial charge in [-0.25, -0.2) is 19.6 Å². The highest BCUT2D eigenvalue weighted by Gasteiger charge is 2.25. The lowest BCUT2D eigenvalue weighted by atomic mass is 10.2. The number of nitrogens with zero attached hydrogens (tertiary/aromatic N) is 4. The summed E-state index contributed by atoms with van der Waals surface area (Å²) in [4.78, 5) is 37.0. The van der Waals surface area contributed by atoms with Gasteiger partial charge in [-0.05, 0) is 55.4 Å². The first-order valence-corrected chi connectivity index (χ1v) is 9.91. The largest absolute Gasteiger partial charge is 0.450 e. The number of hydrogen-bond acceptors (Lipinski definition) is 6. The summed E-state index contributed by atoms with van der Waals surface area (Å²) in [6.07, 6.45) is 3.09. The molecule has 2 aromatic rings. The molecule has 1 aliphatic heterocycles. The molecule has 1 fully saturated rings. The van der Waals surface area contributed by atoms with Crippen LogP contribution in [0.4, 0.5) is 15.3 Å². The summed E-state index contributed by atoms with van der Waals surface area (Å²) in [5.74, 6) is 0. The van der Waals surface area contributed by atoms with E-state index in [9.17, 15) is 9.59 Å². The average molecular weight is 401 g/mol. The second-order valence-corrected chi connectivity index (χ2v) is 7.25. The van der Waals surface area contributed by atoms with Gasteiger partial charge in [-0.3, -0.25) is 0 Å². The first kappa shape index (κ1) is 19.9. The molecule has 28 heavy (non-hydrogen) atoms. The number of urea groups is 1. The average Bonchev–Trinajstić information content (AvgIpc) is 2.71. The van der Waals surface area contributed by atoms with Gasteiger partial charge in [0.05, 0.1) is 6.61 Å². The number of hydrogen-bond donors (Lipinski definition) is 1. The zero-order valence-corrected chi connectivity index (χ0v) is 16.7. The number of piperazine rings is 1. The molecule has 0 bridgehead atoms. The van der Waals surface area contributed by atoms with E-state index in [1.807, 2.05) is 25.1 Å². The van der Waals surface area contributed by atoms with Gasteiger partial charge < -0.3 is 19.9 Å². The van der Waals surface area contributed by atoms with E-state index in [0.717, 1.165) is 16.1 Å². The number of amides is 3. The van der Waals surface area contributed by atoms with Gasteiger partial charge in [0.2, 0.25) is 0 Å². The SMILES string of the molecule is CCOC(=O)N1CCN(C(=O)Nc2ccc(Sc3ncccn3)cc2C)CC1. The van der Waals surface area contributed by atoms with Crippen LogP contribution in [-0.4, -0.2) is 64.7 Å². The van der Waals surface area contributed by atoms with E-state index in [1.54, 1.807) is 35.2 Å². The second kappa shape index (κ2) is 9.41. The summed E-state index contributed by atoms with van der Waals surface area (Å²) in [5.41, 5.74) is 1.72. The van der Waals surface area contributed by atoms with Gasteiger partial charge in [0.1, 0.15) is 0 Å². The van der Waals surface area contributed by atoms with Gasteiger partial charge >= 0.3 is 12.1 Å². The molecule has 9 heteroatoms. The Hall–Kier alpha value is -2.81. The van der Waals surface area contributed by atoms with Crippen molar-refractivity contribution in [2.24, 2.45) is 0 Å². The smallest absolute Gasteiger partial charge is 0.409 e. The molecule has 1 N–H and O–H groups in total. The van der Waals surface area contributed by atoms with Crippen LogP contribution in [0.15, 0.2) is 46.7 Å². The summed E-state index contributed by atoms with van der Waals surface area (Å²) in [6.45, 7) is 5.97. The molecular weight excluding hydrogens is 378 g/mol. The van der Waals surface area contributed by atoms with Crippen molar-refractivity contribution >= 4 is 29.6 Å². The summed E-state index contributed by atoms with van der Waals surface area (Å²) >= 11 is 1.47. The zero-order chi connectivity index (χ0) is 19.9. The second-order valence-electron chi connectivity index (χ2n) is 6.21. The third kappa shape index (κ3) is 5.13. The quantitative estimate of drug-likeness (QED) is 0.792. The standard InChI is InChI=1S/C19H23N5O3S/c1-3-27-19(26)24-11-9-23(10-12-24)18(25)22-16-6-5-15(13-14(16)2)28-17-20-7-4-8-21-17/h4-8,13H,3,9-12H2,1-2H3,(H,22,25). The maximum absolute atomic E-state index is 12.6. The van der Waals surface area contributed by atoms with Gasteiger partial charge in [0, 0.05) is 49.2 Å². The third-order valence-corrected chi connectivity index (χ3v) is 5.17. The van der Waals surface area contributed by atoms with Crippen molar-refractivity contribution in [2.45, 2.75) is 23.9 Å². The molecule has 1 aromatic carbocycles. The van der Waals surface area contributed by atoms with Crippen LogP contribution >= 0.6 is 11.8 Å². The van der Waals surface area contributed by atoms with E-state index in [0.29, 0.717) is 37.9 Å². The van der Waals surface area contributed by atoms with Crippen molar-refractivity contribution in [3.8, 4) is 0 Å². The van der Waals surface area contributed by atoms with Crippen LogP contribution in [0, 0.1) is 6.92 Å². The third-order valence-electron chi connectivity index (χ3n) is 4.28. The van der Waals surface area contributed by atoms with Gasteiger partial charge in [-0.15, -0.1) is 0 Å². The summed E-state index contributed by atoms with van der Waals surface area (Å²) < 4.78 is 5.00. The lowest BCUT2D eigenvalue weighted by Gasteiger charge is -2.34. The van der Waals surface area contributed by atoms with Crippen LogP contribution in [0.5, 0.6) is 0 Å². The molecule has 3 rings (SSSR count). The summed E-state index contributed by atoms with van der Waals surface area (Å²) in [6, 6.07) is 7.42. The fourth-order valence-corrected chi connectivity index (χ4v) is 3.59. The molecule has 2 heterocycles. The lowest BCUT2D eigenvalue weighted by molar-refractivity contribution is 0.0868. The molecule has 148 valence electrons. The number of aromatic nitrogens is 2. The number of nitrogens with one attached hydrogen (secondary N) is 1. The van der Waals surface area contributed by atoms with E-state index in [1.165, 1.54) is 11.8 Å². The van der Waals surface area contributed by atoms with Crippen LogP contribution < -0.4 is 5.32 Å². The van der Waals surface area contributed by atoms with Gasteiger partial charge in [0.25, 0.3) is 0 Å². The maximum Gasteiger partial charge on any atom is 0.409 e. The molecule has 0 unspecified atom stereocenters. The number of carbonyl (C=O) groups is 2. The number of anilines is 1. The number of benzene rings is 1. The van der Waals surface area contributed by atoms with E-state index in [4.69, 9.17) is 4.74 Å². The van der Waals surface area contributed by atoms with Crippen LogP contribution in [0.2, 0.25) is 0 Å². The fourth-order valence-electron chi connectivity index (χ4n) is 2.78. The number of carbonyl (C=O) groups excluding carboxylic acids is 2. The number of ether oxygens (including phenoxy) is 1. The molecule has 1 aliphatic rings. The fraction of sp³-hybridized carbons (Fsp3) is 0.368. The Labute approximate surface area is 168 Å². The first-order valence-electron chi connectivity index (χ1n) is 9.10. The molecule has 1 aromatic heterocycles. The highest BCUT2D eigenvalue weighted by molar-refractivity contribution is 7.99. The van der Waals surface area contributed by atoms with Crippen molar-refractivity contribution in [2.75, 3.05) is 38.1 Å². The van der Waals surface area contributed by atoms with E-state index in [2.05, 4.69) is 15.3 Å².